The van der Waals surface area contributed by atoms with Crippen molar-refractivity contribution in [3.63, 3.8) is 0 Å². The molecule has 9 heteroatoms. The molecule has 9 saturated carbocycles. The number of allylic oxidation sites excluding steroid dienone is 3. The molecular formula is C88H158O9. The number of hydrogen-bond donors (Lipinski definition) is 9. The van der Waals surface area contributed by atoms with Gasteiger partial charge in [-0.3, -0.25) is 0 Å². The summed E-state index contributed by atoms with van der Waals surface area (Å²) in [5.74, 6) is 13.3. The highest BCUT2D eigenvalue weighted by Gasteiger charge is 2.37. The Labute approximate surface area is 598 Å². The molecule has 9 aliphatic rings. The Morgan fingerprint density at radius 1 is 0.216 bits per heavy atom. The maximum Gasteiger partial charge on any atom is 0.0630 e. The Bertz CT molecular complexity index is 2080. The van der Waals surface area contributed by atoms with Crippen molar-refractivity contribution >= 4 is 0 Å². The summed E-state index contributed by atoms with van der Waals surface area (Å²) in [5, 5.41) is 86.1. The summed E-state index contributed by atoms with van der Waals surface area (Å²) in [4.78, 5) is 0. The number of aliphatic hydroxyl groups excluding tert-OH is 9. The maximum absolute atomic E-state index is 9.74. The fraction of sp³-hybridized carbons (Fsp3) is 0.795. The third-order valence-electron chi connectivity index (χ3n) is 25.9. The van der Waals surface area contributed by atoms with Crippen molar-refractivity contribution in [2.24, 2.45) is 148 Å². The SMILES string of the molecule is C=CC1C(C)CC(C)CC1O.C=CC1C(C)CCC(C)C1O.C=CC1C(C)CCC(O)C1C.C=CC1C(O)CCC(C)C1C.C=CC1CC(C)C(C)CC1O.C=CC1CC(C)CC(C)C1O.C=CC1CCC(C)C(C)C1O.C=CC1CCC(O)C(C)C1.C=CC1CCC(O)CC1C. The third kappa shape index (κ3) is 31.4. The van der Waals surface area contributed by atoms with Gasteiger partial charge in [-0.05, 0) is 241 Å². The first kappa shape index (κ1) is 92.3. The van der Waals surface area contributed by atoms with Gasteiger partial charge in [0.05, 0.1) is 54.9 Å². The maximum atomic E-state index is 9.74. The molecule has 0 aromatic heterocycles. The molecule has 9 nitrogen and oxygen atoms in total. The molecular weight excluding hydrogens is 1200 g/mol. The molecule has 34 unspecified atom stereocenters. The van der Waals surface area contributed by atoms with Crippen LogP contribution < -0.4 is 0 Å². The lowest BCUT2D eigenvalue weighted by Gasteiger charge is -2.36. The van der Waals surface area contributed by atoms with E-state index >= 15 is 0 Å². The summed E-state index contributed by atoms with van der Waals surface area (Å²) in [5.41, 5.74) is 0. The van der Waals surface area contributed by atoms with E-state index in [9.17, 15) is 46.0 Å². The van der Waals surface area contributed by atoms with E-state index in [1.54, 1.807) is 0 Å². The van der Waals surface area contributed by atoms with Gasteiger partial charge in [0.1, 0.15) is 0 Å². The second-order valence-electron chi connectivity index (χ2n) is 33.7. The minimum absolute atomic E-state index is 0.0498. The van der Waals surface area contributed by atoms with Gasteiger partial charge in [-0.15, -0.1) is 59.2 Å². The van der Waals surface area contributed by atoms with Crippen LogP contribution in [0.4, 0.5) is 0 Å². The van der Waals surface area contributed by atoms with Crippen LogP contribution in [0.5, 0.6) is 0 Å². The normalized spacial score (nSPS) is 44.5. The molecule has 0 amide bonds. The third-order valence-corrected chi connectivity index (χ3v) is 25.9. The summed E-state index contributed by atoms with van der Waals surface area (Å²) < 4.78 is 0. The van der Waals surface area contributed by atoms with Crippen molar-refractivity contribution in [3.05, 3.63) is 114 Å². The summed E-state index contributed by atoms with van der Waals surface area (Å²) in [7, 11) is 0. The highest BCUT2D eigenvalue weighted by atomic mass is 16.3. The van der Waals surface area contributed by atoms with Crippen LogP contribution in [0.3, 0.4) is 0 Å². The quantitative estimate of drug-likeness (QED) is 0.102. The van der Waals surface area contributed by atoms with E-state index in [0.29, 0.717) is 130 Å². The molecule has 9 fully saturated rings. The van der Waals surface area contributed by atoms with Crippen molar-refractivity contribution < 1.29 is 46.0 Å². The molecule has 564 valence electrons. The smallest absolute Gasteiger partial charge is 0.0630 e. The zero-order valence-electron chi connectivity index (χ0n) is 65.4. The van der Waals surface area contributed by atoms with Crippen LogP contribution in [0.25, 0.3) is 0 Å². The van der Waals surface area contributed by atoms with Crippen molar-refractivity contribution in [1.82, 2.24) is 0 Å². The van der Waals surface area contributed by atoms with Gasteiger partial charge in [-0.1, -0.05) is 165 Å². The zero-order chi connectivity index (χ0) is 74.1. The topological polar surface area (TPSA) is 182 Å². The highest BCUT2D eigenvalue weighted by molar-refractivity contribution is 4.99. The van der Waals surface area contributed by atoms with Gasteiger partial charge in [0.25, 0.3) is 0 Å². The summed E-state index contributed by atoms with van der Waals surface area (Å²) in [6.07, 6.45) is 38.0. The molecule has 9 rings (SSSR count). The van der Waals surface area contributed by atoms with Crippen LogP contribution in [0.2, 0.25) is 0 Å². The minimum Gasteiger partial charge on any atom is -0.393 e. The lowest BCUT2D eigenvalue weighted by Crippen LogP contribution is -2.35. The van der Waals surface area contributed by atoms with Gasteiger partial charge in [0.15, 0.2) is 0 Å². The van der Waals surface area contributed by atoms with Crippen LogP contribution in [0.1, 0.15) is 239 Å². The molecule has 9 N–H and O–H groups in total. The first-order valence-electron chi connectivity index (χ1n) is 39.3. The first-order chi connectivity index (χ1) is 45.6. The van der Waals surface area contributed by atoms with Crippen LogP contribution in [0, 0.1) is 148 Å². The Morgan fingerprint density at radius 2 is 0.680 bits per heavy atom. The average molecular weight is 1360 g/mol. The Morgan fingerprint density at radius 3 is 1.18 bits per heavy atom. The largest absolute Gasteiger partial charge is 0.393 e. The molecule has 0 spiro atoms. The molecule has 0 radical (unpaired) electrons. The molecule has 9 aliphatic carbocycles. The number of hydrogen-bond acceptors (Lipinski definition) is 9. The van der Waals surface area contributed by atoms with Crippen LogP contribution in [0.15, 0.2) is 114 Å². The molecule has 0 aromatic rings. The highest BCUT2D eigenvalue weighted by Crippen LogP contribution is 2.40. The summed E-state index contributed by atoms with van der Waals surface area (Å²) in [6, 6.07) is 0. The molecule has 0 bridgehead atoms. The summed E-state index contributed by atoms with van der Waals surface area (Å²) >= 11 is 0. The van der Waals surface area contributed by atoms with Crippen molar-refractivity contribution in [3.8, 4) is 0 Å². The second kappa shape index (κ2) is 48.3. The molecule has 0 aliphatic heterocycles. The van der Waals surface area contributed by atoms with Gasteiger partial charge in [-0.25, -0.2) is 0 Å². The van der Waals surface area contributed by atoms with Gasteiger partial charge in [0.2, 0.25) is 0 Å². The van der Waals surface area contributed by atoms with E-state index in [-0.39, 0.29) is 54.9 Å². The molecule has 0 aromatic carbocycles. The average Bonchev–Trinajstić information content (AvgIpc) is 1.35. The van der Waals surface area contributed by atoms with E-state index in [0.717, 1.165) is 127 Å². The zero-order valence-corrected chi connectivity index (χ0v) is 65.4. The minimum atomic E-state index is -0.156. The van der Waals surface area contributed by atoms with Crippen molar-refractivity contribution in [2.45, 2.75) is 294 Å². The molecule has 97 heavy (non-hydrogen) atoms. The predicted molar refractivity (Wildman–Crippen MR) is 416 cm³/mol. The Balaban J connectivity index is 0.000000546. The van der Waals surface area contributed by atoms with Crippen LogP contribution in [-0.2, 0) is 0 Å². The van der Waals surface area contributed by atoms with E-state index in [1.807, 2.05) is 54.7 Å². The fourth-order valence-corrected chi connectivity index (χ4v) is 17.5. The van der Waals surface area contributed by atoms with Gasteiger partial charge in [-0.2, -0.15) is 0 Å². The van der Waals surface area contributed by atoms with Gasteiger partial charge < -0.3 is 46.0 Å². The Hall–Kier alpha value is -2.70. The van der Waals surface area contributed by atoms with Gasteiger partial charge >= 0.3 is 0 Å². The van der Waals surface area contributed by atoms with E-state index in [1.165, 1.54) is 19.3 Å². The lowest BCUT2D eigenvalue weighted by molar-refractivity contribution is 0.0171. The van der Waals surface area contributed by atoms with Crippen molar-refractivity contribution in [2.75, 3.05) is 0 Å². The fourth-order valence-electron chi connectivity index (χ4n) is 17.5. The van der Waals surface area contributed by atoms with Crippen LogP contribution in [-0.4, -0.2) is 101 Å². The number of aliphatic hydroxyl groups is 9. The van der Waals surface area contributed by atoms with Crippen molar-refractivity contribution in [1.29, 1.82) is 0 Å². The predicted octanol–water partition coefficient (Wildman–Crippen LogP) is 19.4. The van der Waals surface area contributed by atoms with Gasteiger partial charge in [0, 0.05) is 35.5 Å². The van der Waals surface area contributed by atoms with E-state index in [4.69, 9.17) is 0 Å². The monoisotopic (exact) mass is 1360 g/mol. The standard InChI is InChI=1S/7C10H18O.2C9H16O/c1-4-9-5-7(2)8(3)6-10(9)11;1-4-9-8(3)5-7(2)6-10(9)11;1-4-9-6-7(2)5-8(3)10(9)11;1-4-9-7(2)5-6-10(11)8(9)3;1-4-9-8(3)7(2)5-6-10(9)11;1-4-9-6-5-7(2)8(3)10(9)11;1-4-9-7(2)5-6-8(3)10(9)11;1-3-8-4-5-9(10)6-7(8)2;1-3-8-4-5-9(10)7(2)6-8/h7*4,7-11H,1,5-6H2,2-3H3;2*3,7-10H,1,4-6H2,2H3. The summed E-state index contributed by atoms with van der Waals surface area (Å²) in [6.45, 7) is 68.9. The van der Waals surface area contributed by atoms with E-state index in [2.05, 4.69) is 170 Å². The number of rotatable bonds is 9. The molecule has 34 atom stereocenters. The first-order valence-corrected chi connectivity index (χ1v) is 39.3. The van der Waals surface area contributed by atoms with E-state index < -0.39 is 0 Å². The molecule has 0 heterocycles. The molecule has 0 saturated heterocycles. The Kier molecular flexibility index (Phi) is 46.0. The van der Waals surface area contributed by atoms with Crippen LogP contribution >= 0.6 is 0 Å². The second-order valence-corrected chi connectivity index (χ2v) is 33.7. The lowest BCUT2D eigenvalue weighted by atomic mass is 9.72.